The molecule has 0 bridgehead atoms. The molecular weight excluding hydrogens is 232 g/mol. The standard InChI is InChI=1S/C13H26N2O3/c1-5-14-8-10(2)6-13(3,4)7-11(16)15-9-12(17)18/h10,14H,5-9H2,1-4H3,(H,15,16)(H,17,18). The monoisotopic (exact) mass is 258 g/mol. The average Bonchev–Trinajstić information content (AvgIpc) is 2.22. The van der Waals surface area contributed by atoms with E-state index in [1.54, 1.807) is 0 Å². The molecule has 0 rings (SSSR count). The molecule has 1 atom stereocenters. The van der Waals surface area contributed by atoms with E-state index in [0.717, 1.165) is 19.5 Å². The highest BCUT2D eigenvalue weighted by molar-refractivity contribution is 5.81. The van der Waals surface area contributed by atoms with Gasteiger partial charge in [-0.3, -0.25) is 9.59 Å². The van der Waals surface area contributed by atoms with Gasteiger partial charge in [-0.1, -0.05) is 27.7 Å². The van der Waals surface area contributed by atoms with Crippen molar-refractivity contribution in [2.24, 2.45) is 11.3 Å². The molecule has 0 saturated heterocycles. The van der Waals surface area contributed by atoms with Gasteiger partial charge in [-0.05, 0) is 30.8 Å². The van der Waals surface area contributed by atoms with E-state index in [-0.39, 0.29) is 17.9 Å². The van der Waals surface area contributed by atoms with Gasteiger partial charge in [-0.25, -0.2) is 0 Å². The molecule has 5 heteroatoms. The lowest BCUT2D eigenvalue weighted by Gasteiger charge is -2.27. The maximum absolute atomic E-state index is 11.6. The van der Waals surface area contributed by atoms with Crippen LogP contribution in [0.5, 0.6) is 0 Å². The van der Waals surface area contributed by atoms with Crippen LogP contribution in [0.2, 0.25) is 0 Å². The molecule has 0 aliphatic heterocycles. The summed E-state index contributed by atoms with van der Waals surface area (Å²) in [7, 11) is 0. The molecule has 0 saturated carbocycles. The van der Waals surface area contributed by atoms with Gasteiger partial charge in [0, 0.05) is 6.42 Å². The van der Waals surface area contributed by atoms with E-state index in [0.29, 0.717) is 12.3 Å². The Hall–Kier alpha value is -1.10. The van der Waals surface area contributed by atoms with Crippen LogP contribution in [0.15, 0.2) is 0 Å². The molecule has 0 aliphatic rings. The summed E-state index contributed by atoms with van der Waals surface area (Å²) in [5, 5.41) is 14.2. The molecule has 0 radical (unpaired) electrons. The number of carboxylic acids is 1. The van der Waals surface area contributed by atoms with Crippen molar-refractivity contribution in [2.45, 2.75) is 40.5 Å². The lowest BCUT2D eigenvalue weighted by Crippen LogP contribution is -2.34. The summed E-state index contributed by atoms with van der Waals surface area (Å²) in [6.45, 7) is 9.88. The minimum atomic E-state index is -1.01. The second kappa shape index (κ2) is 8.08. The van der Waals surface area contributed by atoms with Crippen LogP contribution in [-0.2, 0) is 9.59 Å². The summed E-state index contributed by atoms with van der Waals surface area (Å²) in [6.07, 6.45) is 1.29. The van der Waals surface area contributed by atoms with Crippen molar-refractivity contribution in [3.8, 4) is 0 Å². The number of amides is 1. The number of hydrogen-bond acceptors (Lipinski definition) is 3. The Bertz CT molecular complexity index is 277. The summed E-state index contributed by atoms with van der Waals surface area (Å²) in [4.78, 5) is 21.9. The average molecular weight is 258 g/mol. The molecule has 1 amide bonds. The number of carbonyl (C=O) groups is 2. The van der Waals surface area contributed by atoms with Gasteiger partial charge in [-0.2, -0.15) is 0 Å². The van der Waals surface area contributed by atoms with Gasteiger partial charge < -0.3 is 15.7 Å². The van der Waals surface area contributed by atoms with Gasteiger partial charge in [-0.15, -0.1) is 0 Å². The predicted octanol–water partition coefficient (Wildman–Crippen LogP) is 1.24. The van der Waals surface area contributed by atoms with Gasteiger partial charge in [0.1, 0.15) is 6.54 Å². The van der Waals surface area contributed by atoms with Gasteiger partial charge in [0.15, 0.2) is 0 Å². The smallest absolute Gasteiger partial charge is 0.322 e. The predicted molar refractivity (Wildman–Crippen MR) is 71.4 cm³/mol. The largest absolute Gasteiger partial charge is 0.480 e. The van der Waals surface area contributed by atoms with Crippen molar-refractivity contribution in [3.63, 3.8) is 0 Å². The molecule has 3 N–H and O–H groups in total. The fraction of sp³-hybridized carbons (Fsp3) is 0.846. The van der Waals surface area contributed by atoms with Crippen molar-refractivity contribution in [2.75, 3.05) is 19.6 Å². The zero-order valence-electron chi connectivity index (χ0n) is 11.9. The molecule has 5 nitrogen and oxygen atoms in total. The summed E-state index contributed by atoms with van der Waals surface area (Å²) in [5.74, 6) is -0.716. The number of carbonyl (C=O) groups excluding carboxylic acids is 1. The van der Waals surface area contributed by atoms with Crippen molar-refractivity contribution >= 4 is 11.9 Å². The lowest BCUT2D eigenvalue weighted by molar-refractivity contribution is -0.138. The summed E-state index contributed by atoms with van der Waals surface area (Å²) in [5.41, 5.74) is -0.114. The summed E-state index contributed by atoms with van der Waals surface area (Å²) in [6, 6.07) is 0. The zero-order chi connectivity index (χ0) is 14.2. The quantitative estimate of drug-likeness (QED) is 0.581. The highest BCUT2D eigenvalue weighted by Crippen LogP contribution is 2.28. The SMILES string of the molecule is CCNCC(C)CC(C)(C)CC(=O)NCC(=O)O. The fourth-order valence-corrected chi connectivity index (χ4v) is 2.15. The van der Waals surface area contributed by atoms with Crippen molar-refractivity contribution in [3.05, 3.63) is 0 Å². The molecule has 0 aromatic carbocycles. The van der Waals surface area contributed by atoms with Crippen LogP contribution in [0, 0.1) is 11.3 Å². The molecule has 0 spiro atoms. The zero-order valence-corrected chi connectivity index (χ0v) is 11.9. The van der Waals surface area contributed by atoms with Crippen molar-refractivity contribution in [1.29, 1.82) is 0 Å². The number of aliphatic carboxylic acids is 1. The molecular formula is C13H26N2O3. The highest BCUT2D eigenvalue weighted by atomic mass is 16.4. The Morgan fingerprint density at radius 3 is 2.44 bits per heavy atom. The minimum absolute atomic E-state index is 0.114. The third-order valence-electron chi connectivity index (χ3n) is 2.72. The number of carboxylic acid groups (broad SMARTS) is 1. The first kappa shape index (κ1) is 16.9. The molecule has 0 aromatic rings. The second-order valence-electron chi connectivity index (χ2n) is 5.63. The van der Waals surface area contributed by atoms with E-state index in [1.165, 1.54) is 0 Å². The molecule has 1 unspecified atom stereocenters. The first-order chi connectivity index (χ1) is 8.26. The van der Waals surface area contributed by atoms with Crippen LogP contribution >= 0.6 is 0 Å². The Labute approximate surface area is 109 Å². The fourth-order valence-electron chi connectivity index (χ4n) is 2.15. The van der Waals surface area contributed by atoms with E-state index in [1.807, 2.05) is 13.8 Å². The van der Waals surface area contributed by atoms with Crippen LogP contribution in [0.25, 0.3) is 0 Å². The van der Waals surface area contributed by atoms with E-state index >= 15 is 0 Å². The Kier molecular flexibility index (Phi) is 7.59. The summed E-state index contributed by atoms with van der Waals surface area (Å²) < 4.78 is 0. The first-order valence-electron chi connectivity index (χ1n) is 6.46. The van der Waals surface area contributed by atoms with Gasteiger partial charge >= 0.3 is 5.97 Å². The minimum Gasteiger partial charge on any atom is -0.480 e. The molecule has 0 aliphatic carbocycles. The van der Waals surface area contributed by atoms with Gasteiger partial charge in [0.05, 0.1) is 0 Å². The molecule has 0 heterocycles. The Morgan fingerprint density at radius 1 is 1.33 bits per heavy atom. The van der Waals surface area contributed by atoms with Crippen LogP contribution in [0.3, 0.4) is 0 Å². The third kappa shape index (κ3) is 8.98. The van der Waals surface area contributed by atoms with E-state index < -0.39 is 5.97 Å². The van der Waals surface area contributed by atoms with Crippen molar-refractivity contribution in [1.82, 2.24) is 10.6 Å². The Morgan fingerprint density at radius 2 is 1.94 bits per heavy atom. The molecule has 106 valence electrons. The van der Waals surface area contributed by atoms with Crippen LogP contribution < -0.4 is 10.6 Å². The topological polar surface area (TPSA) is 78.4 Å². The molecule has 18 heavy (non-hydrogen) atoms. The number of rotatable bonds is 9. The normalized spacial score (nSPS) is 13.1. The maximum atomic E-state index is 11.6. The third-order valence-corrected chi connectivity index (χ3v) is 2.72. The first-order valence-corrected chi connectivity index (χ1v) is 6.46. The summed E-state index contributed by atoms with van der Waals surface area (Å²) >= 11 is 0. The van der Waals surface area contributed by atoms with Crippen LogP contribution in [-0.4, -0.2) is 36.6 Å². The number of hydrogen-bond donors (Lipinski definition) is 3. The van der Waals surface area contributed by atoms with E-state index in [2.05, 4.69) is 24.5 Å². The van der Waals surface area contributed by atoms with Gasteiger partial charge in [0.25, 0.3) is 0 Å². The molecule has 0 fully saturated rings. The van der Waals surface area contributed by atoms with E-state index in [9.17, 15) is 9.59 Å². The maximum Gasteiger partial charge on any atom is 0.322 e. The molecule has 0 aromatic heterocycles. The Balaban J connectivity index is 4.04. The van der Waals surface area contributed by atoms with Crippen molar-refractivity contribution < 1.29 is 14.7 Å². The highest BCUT2D eigenvalue weighted by Gasteiger charge is 2.24. The van der Waals surface area contributed by atoms with Gasteiger partial charge in [0.2, 0.25) is 5.91 Å². The van der Waals surface area contributed by atoms with E-state index in [4.69, 9.17) is 5.11 Å². The van der Waals surface area contributed by atoms with Crippen LogP contribution in [0.1, 0.15) is 40.5 Å². The second-order valence-corrected chi connectivity index (χ2v) is 5.63. The number of nitrogens with one attached hydrogen (secondary N) is 2. The van der Waals surface area contributed by atoms with Crippen LogP contribution in [0.4, 0.5) is 0 Å². The lowest BCUT2D eigenvalue weighted by atomic mass is 9.80.